The van der Waals surface area contributed by atoms with E-state index in [2.05, 4.69) is 20.2 Å². The van der Waals surface area contributed by atoms with Gasteiger partial charge in [0.25, 0.3) is 5.56 Å². The molecular formula is C26H31N5O3S2. The van der Waals surface area contributed by atoms with E-state index >= 15 is 0 Å². The van der Waals surface area contributed by atoms with Crippen molar-refractivity contribution in [2.75, 3.05) is 43.8 Å². The Morgan fingerprint density at radius 2 is 1.97 bits per heavy atom. The largest absolute Gasteiger partial charge is 0.339 e. The number of aromatic nitrogens is 2. The molecule has 5 rings (SSSR count). The summed E-state index contributed by atoms with van der Waals surface area (Å²) in [6.45, 7) is 6.92. The fraction of sp³-hybridized carbons (Fsp3) is 0.462. The quantitative estimate of drug-likeness (QED) is 0.492. The van der Waals surface area contributed by atoms with Gasteiger partial charge >= 0.3 is 0 Å². The fourth-order valence-electron chi connectivity index (χ4n) is 4.88. The minimum Gasteiger partial charge on any atom is -0.339 e. The number of carbonyl (C=O) groups is 2. The van der Waals surface area contributed by atoms with E-state index in [0.29, 0.717) is 50.1 Å². The van der Waals surface area contributed by atoms with Gasteiger partial charge in [-0.25, -0.2) is 4.98 Å². The second-order valence-corrected chi connectivity index (χ2v) is 11.6. The molecule has 0 atom stereocenters. The molecule has 0 saturated carbocycles. The Balaban J connectivity index is 1.06. The van der Waals surface area contributed by atoms with Crippen molar-refractivity contribution in [3.05, 3.63) is 55.9 Å². The maximum atomic E-state index is 12.7. The topological polar surface area (TPSA) is 98.4 Å². The van der Waals surface area contributed by atoms with Gasteiger partial charge in [0.2, 0.25) is 11.8 Å². The number of carbonyl (C=O) groups excluding carboxylic acids is 2. The van der Waals surface area contributed by atoms with Crippen LogP contribution in [0.1, 0.15) is 33.8 Å². The summed E-state index contributed by atoms with van der Waals surface area (Å²) in [5, 5.41) is 3.77. The molecule has 2 aromatic heterocycles. The molecular weight excluding hydrogens is 494 g/mol. The van der Waals surface area contributed by atoms with Gasteiger partial charge in [-0.15, -0.1) is 23.1 Å². The van der Waals surface area contributed by atoms with Crippen LogP contribution in [-0.2, 0) is 28.2 Å². The predicted molar refractivity (Wildman–Crippen MR) is 146 cm³/mol. The van der Waals surface area contributed by atoms with Gasteiger partial charge in [0, 0.05) is 36.7 Å². The highest BCUT2D eigenvalue weighted by atomic mass is 32.2. The molecule has 1 aromatic carbocycles. The third-order valence-electron chi connectivity index (χ3n) is 7.06. The SMILES string of the molecule is Cc1cccc(NC(=O)CN2CCN(C(=O)CSCc3nc4sc5c(c4c(=O)[nH]3)CCC5)CC2)c1C. The van der Waals surface area contributed by atoms with Crippen molar-refractivity contribution in [2.45, 2.75) is 38.9 Å². The molecule has 3 heterocycles. The van der Waals surface area contributed by atoms with E-state index in [-0.39, 0.29) is 17.4 Å². The van der Waals surface area contributed by atoms with Gasteiger partial charge in [0.1, 0.15) is 10.7 Å². The van der Waals surface area contributed by atoms with Crippen LogP contribution in [0.15, 0.2) is 23.0 Å². The number of nitrogens with one attached hydrogen (secondary N) is 2. The number of aromatic amines is 1. The average molecular weight is 526 g/mol. The summed E-state index contributed by atoms with van der Waals surface area (Å²) in [5.41, 5.74) is 4.20. The van der Waals surface area contributed by atoms with Crippen molar-refractivity contribution in [1.29, 1.82) is 0 Å². The Bertz CT molecular complexity index is 1360. The van der Waals surface area contributed by atoms with Gasteiger partial charge < -0.3 is 15.2 Å². The number of anilines is 1. The lowest BCUT2D eigenvalue weighted by molar-refractivity contribution is -0.130. The summed E-state index contributed by atoms with van der Waals surface area (Å²) in [6.07, 6.45) is 3.12. The number of aryl methyl sites for hydroxylation is 3. The Morgan fingerprint density at radius 3 is 2.78 bits per heavy atom. The number of hydrogen-bond donors (Lipinski definition) is 2. The van der Waals surface area contributed by atoms with Crippen LogP contribution in [0, 0.1) is 13.8 Å². The third-order valence-corrected chi connectivity index (χ3v) is 9.17. The molecule has 3 aromatic rings. The van der Waals surface area contributed by atoms with Crippen molar-refractivity contribution in [1.82, 2.24) is 19.8 Å². The minimum atomic E-state index is -0.0564. The molecule has 8 nitrogen and oxygen atoms in total. The summed E-state index contributed by atoms with van der Waals surface area (Å²) in [4.78, 5) is 51.5. The maximum Gasteiger partial charge on any atom is 0.259 e. The van der Waals surface area contributed by atoms with Gasteiger partial charge in [-0.1, -0.05) is 12.1 Å². The molecule has 2 aliphatic rings. The molecule has 1 fully saturated rings. The molecule has 0 unspecified atom stereocenters. The van der Waals surface area contributed by atoms with Crippen LogP contribution in [-0.4, -0.2) is 70.1 Å². The molecule has 1 aliphatic heterocycles. The number of amides is 2. The summed E-state index contributed by atoms with van der Waals surface area (Å²) in [7, 11) is 0. The van der Waals surface area contributed by atoms with Gasteiger partial charge in [-0.3, -0.25) is 19.3 Å². The number of nitrogens with zero attached hydrogens (tertiary/aromatic N) is 3. The van der Waals surface area contributed by atoms with Gasteiger partial charge in [-0.05, 0) is 55.9 Å². The second-order valence-electron chi connectivity index (χ2n) is 9.50. The van der Waals surface area contributed by atoms with E-state index < -0.39 is 0 Å². The predicted octanol–water partition coefficient (Wildman–Crippen LogP) is 3.11. The lowest BCUT2D eigenvalue weighted by atomic mass is 10.1. The number of benzene rings is 1. The van der Waals surface area contributed by atoms with Crippen LogP contribution < -0.4 is 10.9 Å². The minimum absolute atomic E-state index is 0.0338. The van der Waals surface area contributed by atoms with E-state index in [0.717, 1.165) is 46.3 Å². The van der Waals surface area contributed by atoms with Crippen LogP contribution in [0.25, 0.3) is 10.2 Å². The molecule has 2 amide bonds. The van der Waals surface area contributed by atoms with E-state index in [1.165, 1.54) is 22.2 Å². The molecule has 0 bridgehead atoms. The third kappa shape index (κ3) is 5.35. The second kappa shape index (κ2) is 10.7. The van der Waals surface area contributed by atoms with Crippen molar-refractivity contribution in [3.8, 4) is 0 Å². The molecule has 2 N–H and O–H groups in total. The standard InChI is InChI=1S/C26H31N5O3S2/c1-16-5-3-7-19(17(16)2)27-22(32)13-30-9-11-31(12-10-30)23(33)15-35-14-21-28-25(34)24-18-6-4-8-20(18)36-26(24)29-21/h3,5,7H,4,6,8-15H2,1-2H3,(H,27,32)(H,28,29,34). The Labute approximate surface area is 218 Å². The fourth-order valence-corrected chi connectivity index (χ4v) is 6.95. The molecule has 0 radical (unpaired) electrons. The number of piperazine rings is 1. The van der Waals surface area contributed by atoms with Gasteiger partial charge in [0.05, 0.1) is 23.4 Å². The van der Waals surface area contributed by atoms with Crippen LogP contribution in [0.4, 0.5) is 5.69 Å². The highest BCUT2D eigenvalue weighted by molar-refractivity contribution is 7.99. The summed E-state index contributed by atoms with van der Waals surface area (Å²) in [5.74, 6) is 1.52. The zero-order valence-corrected chi connectivity index (χ0v) is 22.3. The number of rotatable bonds is 7. The first kappa shape index (κ1) is 25.0. The van der Waals surface area contributed by atoms with Crippen LogP contribution >= 0.6 is 23.1 Å². The lowest BCUT2D eigenvalue weighted by Crippen LogP contribution is -2.50. The highest BCUT2D eigenvalue weighted by Gasteiger charge is 2.23. The monoisotopic (exact) mass is 525 g/mol. The number of thiophene rings is 1. The van der Waals surface area contributed by atoms with Crippen molar-refractivity contribution < 1.29 is 9.59 Å². The smallest absolute Gasteiger partial charge is 0.259 e. The molecule has 190 valence electrons. The number of thioether (sulfide) groups is 1. The van der Waals surface area contributed by atoms with Crippen LogP contribution in [0.5, 0.6) is 0 Å². The maximum absolute atomic E-state index is 12.7. The highest BCUT2D eigenvalue weighted by Crippen LogP contribution is 2.34. The number of H-pyrrole nitrogens is 1. The average Bonchev–Trinajstić information content (AvgIpc) is 3.43. The molecule has 10 heteroatoms. The van der Waals surface area contributed by atoms with E-state index in [1.807, 2.05) is 36.9 Å². The molecule has 0 spiro atoms. The summed E-state index contributed by atoms with van der Waals surface area (Å²) >= 11 is 3.11. The first-order valence-electron chi connectivity index (χ1n) is 12.4. The molecule has 1 aliphatic carbocycles. The van der Waals surface area contributed by atoms with E-state index in [4.69, 9.17) is 0 Å². The number of hydrogen-bond acceptors (Lipinski definition) is 7. The van der Waals surface area contributed by atoms with E-state index in [1.54, 1.807) is 11.3 Å². The zero-order chi connectivity index (χ0) is 25.2. The summed E-state index contributed by atoms with van der Waals surface area (Å²) in [6, 6.07) is 5.90. The first-order chi connectivity index (χ1) is 17.4. The Hall–Kier alpha value is -2.69. The van der Waals surface area contributed by atoms with Crippen molar-refractivity contribution >= 4 is 50.8 Å². The summed E-state index contributed by atoms with van der Waals surface area (Å²) < 4.78 is 0. The van der Waals surface area contributed by atoms with Crippen LogP contribution in [0.2, 0.25) is 0 Å². The zero-order valence-electron chi connectivity index (χ0n) is 20.7. The molecule has 1 saturated heterocycles. The lowest BCUT2D eigenvalue weighted by Gasteiger charge is -2.34. The first-order valence-corrected chi connectivity index (χ1v) is 14.3. The Morgan fingerprint density at radius 1 is 1.17 bits per heavy atom. The number of fused-ring (bicyclic) bond motifs is 3. The van der Waals surface area contributed by atoms with Crippen LogP contribution in [0.3, 0.4) is 0 Å². The van der Waals surface area contributed by atoms with Crippen molar-refractivity contribution in [2.24, 2.45) is 0 Å². The van der Waals surface area contributed by atoms with E-state index in [9.17, 15) is 14.4 Å². The normalized spacial score (nSPS) is 15.9. The Kier molecular flexibility index (Phi) is 7.45. The molecule has 36 heavy (non-hydrogen) atoms. The van der Waals surface area contributed by atoms with Crippen molar-refractivity contribution in [3.63, 3.8) is 0 Å². The van der Waals surface area contributed by atoms with Gasteiger partial charge in [-0.2, -0.15) is 0 Å². The van der Waals surface area contributed by atoms with Gasteiger partial charge in [0.15, 0.2) is 0 Å².